The minimum atomic E-state index is -3.35. The van der Waals surface area contributed by atoms with E-state index in [2.05, 4.69) is 21.3 Å². The van der Waals surface area contributed by atoms with E-state index in [9.17, 15) is 171 Å². The largest absolute Gasteiger partial charge is 0.477 e. The lowest BCUT2D eigenvalue weighted by atomic mass is 9.79. The van der Waals surface area contributed by atoms with Crippen LogP contribution < -0.4 is 21.3 Å². The molecular weight excluding hydrogens is 1740 g/mol. The summed E-state index contributed by atoms with van der Waals surface area (Å²) in [6.07, 6.45) is -90.0. The molecular formula is C72H116N4O51. The van der Waals surface area contributed by atoms with Crippen LogP contribution in [0, 0.1) is 11.8 Å². The van der Waals surface area contributed by atoms with Crippen molar-refractivity contribution in [3.8, 4) is 0 Å². The summed E-state index contributed by atoms with van der Waals surface area (Å²) in [5.74, 6) is -20.1. The van der Waals surface area contributed by atoms with Gasteiger partial charge in [-0.05, 0) is 20.8 Å². The monoisotopic (exact) mass is 1850 g/mol. The highest BCUT2D eigenvalue weighted by atomic mass is 16.8. The highest BCUT2D eigenvalue weighted by molar-refractivity contribution is 5.85. The van der Waals surface area contributed by atoms with Crippen LogP contribution in [0.1, 0.15) is 61.3 Å². The van der Waals surface area contributed by atoms with Gasteiger partial charge in [-0.25, -0.2) is 9.59 Å². The minimum Gasteiger partial charge on any atom is -0.477 e. The number of ketones is 2. The van der Waals surface area contributed by atoms with E-state index in [0.717, 1.165) is 41.5 Å². The van der Waals surface area contributed by atoms with Crippen molar-refractivity contribution in [3.63, 3.8) is 0 Å². The van der Waals surface area contributed by atoms with Crippen molar-refractivity contribution in [2.75, 3.05) is 52.9 Å². The first-order valence-electron chi connectivity index (χ1n) is 40.2. The molecule has 9 aliphatic rings. The number of rotatable bonds is 36. The summed E-state index contributed by atoms with van der Waals surface area (Å²) in [5.41, 5.74) is 0. The fraction of sp³-hybridized carbons (Fsp3) is 0.889. The molecule has 30 N–H and O–H groups in total. The summed E-state index contributed by atoms with van der Waals surface area (Å²) < 4.78 is 101. The average molecular weight is 1850 g/mol. The van der Waals surface area contributed by atoms with E-state index in [1.807, 2.05) is 0 Å². The van der Waals surface area contributed by atoms with Gasteiger partial charge in [0.1, 0.15) is 213 Å². The van der Waals surface area contributed by atoms with Gasteiger partial charge in [0, 0.05) is 52.4 Å². The number of carbonyl (C=O) groups is 8. The van der Waals surface area contributed by atoms with Crippen LogP contribution in [0.5, 0.6) is 0 Å². The van der Waals surface area contributed by atoms with Crippen molar-refractivity contribution >= 4 is 47.1 Å². The number of ether oxygens (including phenoxy) is 17. The topological polar surface area (TPSA) is 868 Å². The molecule has 0 radical (unpaired) electrons. The van der Waals surface area contributed by atoms with E-state index in [1.54, 1.807) is 0 Å². The number of carbonyl (C=O) groups excluding carboxylic acids is 6. The van der Waals surface area contributed by atoms with Crippen LogP contribution in [0.25, 0.3) is 0 Å². The number of aliphatic hydroxyl groups is 24. The van der Waals surface area contributed by atoms with Crippen LogP contribution in [-0.2, 0) is 119 Å². The van der Waals surface area contributed by atoms with Gasteiger partial charge in [-0.3, -0.25) is 28.8 Å². The smallest absolute Gasteiger partial charge is 0.364 e. The SMILES string of the molecule is CC(=O)N[C@H]1[C@H](O[C@H]2[C@@H](O)[C@@H](CO[C@@H]3O[C@H](CO)[C@@H](O[C@@H]4O[C@H](CO)[C@H](O)[C@H](O[C@]5(C(=O)O)C[C@H](C(C)=O)[C@@H](NC(C)=O)[C@H]([C@H](O)[C@H](O)CO)O5)[C@H]4O)[C@H](O[C@@H]4O[C@@H](C)[C@@H](O)[C@@H](O)[C@@H]4O)[C@H]3NC(C)=O)O[C@@H](O[C@H]3[C@H](O)[C@@H](O)C(O)O[C@@H]3CO)[C@@H]2O)O[C@H](CO)[C@@H](O[C@@H]2O[C@H](CO)[C@H](O)[C@H](O[C@]3(C(=O)O)C[C@H](C(C)=O)[C@@H](NC(C)=O)[C@H]([C@H](O)[C@H](O)CO)O3)[C@H]2O)[C@@H]1O. The van der Waals surface area contributed by atoms with Gasteiger partial charge in [-0.1, -0.05) is 0 Å². The Balaban J connectivity index is 1.05. The molecule has 9 aliphatic heterocycles. The van der Waals surface area contributed by atoms with Crippen molar-refractivity contribution in [3.05, 3.63) is 0 Å². The molecule has 0 bridgehead atoms. The Bertz CT molecular complexity index is 3650. The molecule has 4 amide bonds. The standard InChI is InChI=1S/C72H116N4O51/c1-18(84)25-8-71(69(107)108,124-56(35(25)73-21(4)86)40(93)27(90)10-77)126-60-42(95)29(12-79)114-67(51(60)104)119-53-32(15-82)117-64(37(45(53)98)75-23(6)88)123-59-44(97)34(118-66(50(59)103)120-54-31(14-81)113-62(106)48(101)47(54)100)17-111-63-38(76-24(7)89)58(122-65-49(102)46(99)39(92)20(3)112-65)55(33(16-83)116-63)121-68-52(105)61(43(96)30(13-80)115-68)127-72(70(109)110)9-26(19(2)85)36(74-22(5)87)57(125-72)41(94)28(91)11-78/h20,25-68,77-83,90-106H,8-17H2,1-7H3,(H,73,86)(H,74,87)(H,75,88)(H,76,89)(H,107,108)(H,109,110)/t20-,25+,26+,27+,28+,29+,30+,31+,32+,33+,34+,35+,36+,37+,38+,39+,40+,41+,42-,43-,44-,45+,46+,47+,48+,49-,50+,51+,52+,53+,54+,55+,56+,57+,58+,59-,60-,61-,62?,63+,64-,65-,66-,67-,68-,71-,72-/m0/s1. The summed E-state index contributed by atoms with van der Waals surface area (Å²) in [6.45, 7) is -3.30. The van der Waals surface area contributed by atoms with E-state index in [4.69, 9.17) is 80.5 Å². The van der Waals surface area contributed by atoms with Crippen LogP contribution in [0.3, 0.4) is 0 Å². The van der Waals surface area contributed by atoms with Crippen molar-refractivity contribution in [1.29, 1.82) is 0 Å². The van der Waals surface area contributed by atoms with Crippen molar-refractivity contribution in [2.45, 2.75) is 336 Å². The second-order valence-electron chi connectivity index (χ2n) is 32.3. The summed E-state index contributed by atoms with van der Waals surface area (Å²) in [7, 11) is 0. The third-order valence-electron chi connectivity index (χ3n) is 23.4. The summed E-state index contributed by atoms with van der Waals surface area (Å²) >= 11 is 0. The molecule has 0 aromatic carbocycles. The molecule has 1 unspecified atom stereocenters. The van der Waals surface area contributed by atoms with E-state index < -0.39 is 400 Å². The Morgan fingerprint density at radius 1 is 0.346 bits per heavy atom. The number of amides is 4. The minimum absolute atomic E-state index is 0.859. The number of nitrogens with one attached hydrogen (secondary N) is 4. The third-order valence-corrected chi connectivity index (χ3v) is 23.4. The van der Waals surface area contributed by atoms with Gasteiger partial charge >= 0.3 is 11.9 Å². The van der Waals surface area contributed by atoms with Crippen LogP contribution in [0.15, 0.2) is 0 Å². The van der Waals surface area contributed by atoms with Gasteiger partial charge in [0.05, 0.1) is 71.0 Å². The number of carboxylic acid groups (broad SMARTS) is 2. The van der Waals surface area contributed by atoms with Gasteiger partial charge in [0.15, 0.2) is 44.0 Å². The molecule has 0 saturated carbocycles. The van der Waals surface area contributed by atoms with Gasteiger partial charge < -0.3 is 235 Å². The zero-order chi connectivity index (χ0) is 94.5. The van der Waals surface area contributed by atoms with E-state index in [0.29, 0.717) is 0 Å². The Labute approximate surface area is 719 Å². The zero-order valence-electron chi connectivity index (χ0n) is 68.9. The van der Waals surface area contributed by atoms with Crippen LogP contribution >= 0.6 is 0 Å². The van der Waals surface area contributed by atoms with Crippen molar-refractivity contribution < 1.29 is 252 Å². The molecule has 9 rings (SSSR count). The lowest BCUT2D eigenvalue weighted by molar-refractivity contribution is -0.395. The lowest BCUT2D eigenvalue weighted by Crippen LogP contribution is -2.71. The van der Waals surface area contributed by atoms with Crippen LogP contribution in [0.2, 0.25) is 0 Å². The Hall–Kier alpha value is -5.48. The van der Waals surface area contributed by atoms with E-state index in [1.165, 1.54) is 6.92 Å². The van der Waals surface area contributed by atoms with E-state index in [-0.39, 0.29) is 0 Å². The number of aliphatic hydroxyl groups excluding tert-OH is 24. The van der Waals surface area contributed by atoms with Gasteiger partial charge in [-0.2, -0.15) is 0 Å². The quantitative estimate of drug-likeness (QED) is 0.0277. The number of hydrogen-bond donors (Lipinski definition) is 30. The number of aliphatic carboxylic acids is 2. The molecule has 0 aliphatic carbocycles. The highest BCUT2D eigenvalue weighted by Gasteiger charge is 2.66. The molecule has 9 heterocycles. The zero-order valence-corrected chi connectivity index (χ0v) is 68.9. The van der Waals surface area contributed by atoms with Crippen LogP contribution in [0.4, 0.5) is 0 Å². The van der Waals surface area contributed by atoms with Gasteiger partial charge in [-0.15, -0.1) is 0 Å². The second kappa shape index (κ2) is 44.6. The predicted molar refractivity (Wildman–Crippen MR) is 393 cm³/mol. The van der Waals surface area contributed by atoms with Crippen molar-refractivity contribution in [2.24, 2.45) is 11.8 Å². The number of carboxylic acids is 2. The molecule has 0 aromatic rings. The Morgan fingerprint density at radius 2 is 0.693 bits per heavy atom. The first-order valence-corrected chi connectivity index (χ1v) is 40.2. The maximum atomic E-state index is 13.6. The predicted octanol–water partition coefficient (Wildman–Crippen LogP) is -18.9. The number of hydrogen-bond acceptors (Lipinski definition) is 49. The second-order valence-corrected chi connectivity index (χ2v) is 32.3. The summed E-state index contributed by atoms with van der Waals surface area (Å²) in [6, 6.07) is -7.60. The molecule has 47 atom stereocenters. The molecule has 0 spiro atoms. The summed E-state index contributed by atoms with van der Waals surface area (Å²) in [4.78, 5) is 106. The fourth-order valence-corrected chi connectivity index (χ4v) is 16.7. The molecule has 55 nitrogen and oxygen atoms in total. The van der Waals surface area contributed by atoms with Crippen LogP contribution in [-0.4, -0.2) is 508 Å². The molecule has 9 fully saturated rings. The average Bonchev–Trinajstić information content (AvgIpc) is 0.748. The first kappa shape index (κ1) is 105. The van der Waals surface area contributed by atoms with Gasteiger partial charge in [0.2, 0.25) is 23.6 Å². The highest BCUT2D eigenvalue weighted by Crippen LogP contribution is 2.45. The molecule has 0 aromatic heterocycles. The molecule has 730 valence electrons. The Morgan fingerprint density at radius 3 is 1.11 bits per heavy atom. The maximum absolute atomic E-state index is 13.6. The third kappa shape index (κ3) is 23.0. The first-order chi connectivity index (χ1) is 59.6. The van der Waals surface area contributed by atoms with E-state index >= 15 is 0 Å². The normalized spacial score (nSPS) is 45.5. The lowest BCUT2D eigenvalue weighted by Gasteiger charge is -2.52. The number of Topliss-reactive ketones (excluding diaryl/α,β-unsaturated/α-hetero) is 2. The molecule has 55 heteroatoms. The molecule has 127 heavy (non-hydrogen) atoms. The van der Waals surface area contributed by atoms with Crippen molar-refractivity contribution in [1.82, 2.24) is 21.3 Å². The van der Waals surface area contributed by atoms with Gasteiger partial charge in [0.25, 0.3) is 11.6 Å². The summed E-state index contributed by atoms with van der Waals surface area (Å²) in [5, 5.41) is 300. The Kier molecular flexibility index (Phi) is 36.9. The molecule has 9 saturated heterocycles. The maximum Gasteiger partial charge on any atom is 0.364 e. The fourth-order valence-electron chi connectivity index (χ4n) is 16.7.